The summed E-state index contributed by atoms with van der Waals surface area (Å²) >= 11 is 0. The number of allylic oxidation sites excluding steroid dienone is 2. The van der Waals surface area contributed by atoms with Crippen molar-refractivity contribution >= 4 is 10.1 Å². The van der Waals surface area contributed by atoms with Crippen molar-refractivity contribution in [1.82, 2.24) is 4.90 Å². The molecule has 0 saturated heterocycles. The predicted octanol–water partition coefficient (Wildman–Crippen LogP) is 1.43. The maximum absolute atomic E-state index is 10.5. The third-order valence-electron chi connectivity index (χ3n) is 2.23. The van der Waals surface area contributed by atoms with Crippen LogP contribution in [-0.2, 0) is 10.1 Å². The van der Waals surface area contributed by atoms with Crippen LogP contribution in [0.3, 0.4) is 0 Å². The van der Waals surface area contributed by atoms with Crippen molar-refractivity contribution in [2.75, 3.05) is 18.8 Å². The van der Waals surface area contributed by atoms with E-state index in [1.807, 2.05) is 12.3 Å². The predicted molar refractivity (Wildman–Crippen MR) is 60.1 cm³/mol. The molecule has 0 amide bonds. The number of rotatable bonds is 5. The molecule has 4 nitrogen and oxygen atoms in total. The zero-order chi connectivity index (χ0) is 11.3. The van der Waals surface area contributed by atoms with Crippen LogP contribution >= 0.6 is 0 Å². The SMILES string of the molecule is CC1=CC=CN(CCCCS(=O)(=O)O)C1. The van der Waals surface area contributed by atoms with Gasteiger partial charge in [-0.2, -0.15) is 8.42 Å². The molecule has 1 aliphatic rings. The largest absolute Gasteiger partial charge is 0.373 e. The lowest BCUT2D eigenvalue weighted by atomic mass is 10.2. The van der Waals surface area contributed by atoms with Gasteiger partial charge in [0.2, 0.25) is 0 Å². The van der Waals surface area contributed by atoms with Gasteiger partial charge in [-0.3, -0.25) is 4.55 Å². The summed E-state index contributed by atoms with van der Waals surface area (Å²) in [7, 11) is -3.79. The minimum atomic E-state index is -3.79. The second-order valence-corrected chi connectivity index (χ2v) is 5.39. The minimum Gasteiger partial charge on any atom is -0.373 e. The lowest BCUT2D eigenvalue weighted by Crippen LogP contribution is -2.22. The van der Waals surface area contributed by atoms with E-state index in [4.69, 9.17) is 4.55 Å². The van der Waals surface area contributed by atoms with E-state index in [1.165, 1.54) is 5.57 Å². The van der Waals surface area contributed by atoms with Gasteiger partial charge in [0.05, 0.1) is 5.75 Å². The van der Waals surface area contributed by atoms with Gasteiger partial charge in [0, 0.05) is 13.1 Å². The zero-order valence-corrected chi connectivity index (χ0v) is 9.70. The molecular weight excluding hydrogens is 214 g/mol. The highest BCUT2D eigenvalue weighted by atomic mass is 32.2. The summed E-state index contributed by atoms with van der Waals surface area (Å²) in [5, 5.41) is 0. The topological polar surface area (TPSA) is 57.6 Å². The first-order valence-corrected chi connectivity index (χ1v) is 6.61. The smallest absolute Gasteiger partial charge is 0.264 e. The Balaban J connectivity index is 2.17. The van der Waals surface area contributed by atoms with Gasteiger partial charge in [-0.15, -0.1) is 0 Å². The van der Waals surface area contributed by atoms with E-state index in [1.54, 1.807) is 0 Å². The van der Waals surface area contributed by atoms with Gasteiger partial charge in [-0.05, 0) is 32.0 Å². The van der Waals surface area contributed by atoms with Crippen molar-refractivity contribution in [3.8, 4) is 0 Å². The average Bonchev–Trinajstić information content (AvgIpc) is 2.11. The van der Waals surface area contributed by atoms with E-state index in [9.17, 15) is 8.42 Å². The molecule has 0 bridgehead atoms. The molecule has 15 heavy (non-hydrogen) atoms. The Hall–Kier alpha value is -0.810. The number of unbranched alkanes of at least 4 members (excludes halogenated alkanes) is 1. The summed E-state index contributed by atoms with van der Waals surface area (Å²) in [5.41, 5.74) is 1.30. The Kier molecular flexibility index (Phi) is 4.35. The van der Waals surface area contributed by atoms with Crippen molar-refractivity contribution in [3.05, 3.63) is 23.9 Å². The van der Waals surface area contributed by atoms with E-state index in [2.05, 4.69) is 17.9 Å². The van der Waals surface area contributed by atoms with Crippen LogP contribution in [-0.4, -0.2) is 36.7 Å². The van der Waals surface area contributed by atoms with E-state index in [0.29, 0.717) is 6.42 Å². The summed E-state index contributed by atoms with van der Waals surface area (Å²) in [5.74, 6) is -0.140. The van der Waals surface area contributed by atoms with E-state index in [-0.39, 0.29) is 5.75 Å². The maximum atomic E-state index is 10.5. The Labute approximate surface area is 91.0 Å². The zero-order valence-electron chi connectivity index (χ0n) is 8.89. The molecule has 1 N–H and O–H groups in total. The van der Waals surface area contributed by atoms with Crippen LogP contribution in [0.5, 0.6) is 0 Å². The van der Waals surface area contributed by atoms with E-state index in [0.717, 1.165) is 19.5 Å². The first-order chi connectivity index (χ1) is 6.97. The van der Waals surface area contributed by atoms with Crippen molar-refractivity contribution in [2.24, 2.45) is 0 Å². The number of hydrogen-bond acceptors (Lipinski definition) is 3. The normalized spacial score (nSPS) is 16.7. The Morgan fingerprint density at radius 2 is 2.20 bits per heavy atom. The van der Waals surface area contributed by atoms with Gasteiger partial charge in [-0.1, -0.05) is 11.6 Å². The Morgan fingerprint density at radius 1 is 1.47 bits per heavy atom. The quantitative estimate of drug-likeness (QED) is 0.574. The molecule has 5 heteroatoms. The summed E-state index contributed by atoms with van der Waals surface area (Å²) in [6.07, 6.45) is 7.33. The third-order valence-corrected chi connectivity index (χ3v) is 3.03. The van der Waals surface area contributed by atoms with Crippen LogP contribution in [0.15, 0.2) is 23.9 Å². The number of nitrogens with zero attached hydrogens (tertiary/aromatic N) is 1. The lowest BCUT2D eigenvalue weighted by Gasteiger charge is -2.22. The molecule has 0 aromatic rings. The van der Waals surface area contributed by atoms with Crippen LogP contribution in [0, 0.1) is 0 Å². The molecule has 0 aromatic heterocycles. The third kappa shape index (κ3) is 5.59. The standard InChI is InChI=1S/C10H17NO3S/c1-10-5-4-7-11(9-10)6-2-3-8-15(12,13)14/h4-5,7H,2-3,6,8-9H2,1H3,(H,12,13,14). The summed E-state index contributed by atoms with van der Waals surface area (Å²) in [4.78, 5) is 2.14. The fraction of sp³-hybridized carbons (Fsp3) is 0.600. The van der Waals surface area contributed by atoms with Crippen molar-refractivity contribution in [1.29, 1.82) is 0 Å². The maximum Gasteiger partial charge on any atom is 0.264 e. The van der Waals surface area contributed by atoms with Gasteiger partial charge in [0.25, 0.3) is 10.1 Å². The van der Waals surface area contributed by atoms with Crippen LogP contribution in [0.2, 0.25) is 0 Å². The van der Waals surface area contributed by atoms with Gasteiger partial charge < -0.3 is 4.90 Å². The molecule has 86 valence electrons. The molecule has 0 radical (unpaired) electrons. The summed E-state index contributed by atoms with van der Waals surface area (Å²) < 4.78 is 29.4. The van der Waals surface area contributed by atoms with Crippen LogP contribution < -0.4 is 0 Å². The molecule has 0 saturated carbocycles. The fourth-order valence-electron chi connectivity index (χ4n) is 1.51. The highest BCUT2D eigenvalue weighted by Crippen LogP contribution is 2.07. The molecule has 1 aliphatic heterocycles. The van der Waals surface area contributed by atoms with E-state index < -0.39 is 10.1 Å². The number of hydrogen-bond donors (Lipinski definition) is 1. The fourth-order valence-corrected chi connectivity index (χ4v) is 2.08. The highest BCUT2D eigenvalue weighted by Gasteiger charge is 2.06. The molecule has 1 heterocycles. The molecule has 0 aromatic carbocycles. The molecule has 1 rings (SSSR count). The summed E-state index contributed by atoms with van der Waals surface area (Å²) in [6.45, 7) is 3.80. The van der Waals surface area contributed by atoms with Gasteiger partial charge in [0.1, 0.15) is 0 Å². The van der Waals surface area contributed by atoms with Crippen molar-refractivity contribution < 1.29 is 13.0 Å². The Morgan fingerprint density at radius 3 is 2.80 bits per heavy atom. The molecular formula is C10H17NO3S. The van der Waals surface area contributed by atoms with Crippen LogP contribution in [0.4, 0.5) is 0 Å². The summed E-state index contributed by atoms with van der Waals surface area (Å²) in [6, 6.07) is 0. The van der Waals surface area contributed by atoms with Crippen LogP contribution in [0.1, 0.15) is 19.8 Å². The van der Waals surface area contributed by atoms with Gasteiger partial charge >= 0.3 is 0 Å². The van der Waals surface area contributed by atoms with Gasteiger partial charge in [-0.25, -0.2) is 0 Å². The first kappa shape index (κ1) is 12.3. The molecule has 0 aliphatic carbocycles. The molecule has 0 atom stereocenters. The first-order valence-electron chi connectivity index (χ1n) is 5.00. The molecule has 0 spiro atoms. The van der Waals surface area contributed by atoms with Crippen LogP contribution in [0.25, 0.3) is 0 Å². The second kappa shape index (κ2) is 5.32. The van der Waals surface area contributed by atoms with E-state index >= 15 is 0 Å². The average molecular weight is 231 g/mol. The molecule has 0 unspecified atom stereocenters. The monoisotopic (exact) mass is 231 g/mol. The lowest BCUT2D eigenvalue weighted by molar-refractivity contribution is 0.390. The molecule has 0 fully saturated rings. The minimum absolute atomic E-state index is 0.140. The second-order valence-electron chi connectivity index (χ2n) is 3.82. The van der Waals surface area contributed by atoms with Gasteiger partial charge in [0.15, 0.2) is 0 Å². The van der Waals surface area contributed by atoms with Crippen molar-refractivity contribution in [3.63, 3.8) is 0 Å². The van der Waals surface area contributed by atoms with Crippen molar-refractivity contribution in [2.45, 2.75) is 19.8 Å². The highest BCUT2D eigenvalue weighted by molar-refractivity contribution is 7.85. The Bertz CT molecular complexity index is 357.